The van der Waals surface area contributed by atoms with Gasteiger partial charge in [0.25, 0.3) is 0 Å². The van der Waals surface area contributed by atoms with Gasteiger partial charge in [-0.1, -0.05) is 84.9 Å². The second-order valence-electron chi connectivity index (χ2n) is 8.72. The first kappa shape index (κ1) is 21.6. The van der Waals surface area contributed by atoms with Gasteiger partial charge in [0.2, 0.25) is 0 Å². The van der Waals surface area contributed by atoms with Crippen LogP contribution < -0.4 is 0 Å². The Morgan fingerprint density at radius 1 is 0.818 bits per heavy atom. The summed E-state index contributed by atoms with van der Waals surface area (Å²) in [6.45, 7) is 1.08. The largest absolute Gasteiger partial charge is 0.380 e. The van der Waals surface area contributed by atoms with Crippen LogP contribution in [0.4, 0.5) is 0 Å². The van der Waals surface area contributed by atoms with Crippen LogP contribution in [0.3, 0.4) is 0 Å². The number of methoxy groups -OCH3 is 2. The lowest BCUT2D eigenvalue weighted by Gasteiger charge is -2.44. The number of hydrogen-bond acceptors (Lipinski definition) is 3. The third-order valence-corrected chi connectivity index (χ3v) is 6.79. The van der Waals surface area contributed by atoms with Gasteiger partial charge < -0.3 is 9.47 Å². The maximum absolute atomic E-state index is 13.6. The summed E-state index contributed by atoms with van der Waals surface area (Å²) in [5.41, 5.74) is 7.83. The van der Waals surface area contributed by atoms with Crippen LogP contribution in [0.1, 0.15) is 51.0 Å². The fourth-order valence-electron chi connectivity index (χ4n) is 5.53. The van der Waals surface area contributed by atoms with Crippen molar-refractivity contribution in [1.82, 2.24) is 0 Å². The van der Waals surface area contributed by atoms with Gasteiger partial charge in [-0.15, -0.1) is 0 Å². The van der Waals surface area contributed by atoms with Crippen molar-refractivity contribution in [2.75, 3.05) is 14.2 Å². The molecule has 0 amide bonds. The standard InChI is InChI=1S/C30H28O3/c1-32-19-21-9-7-11-23(17-21)30(24-12-8-10-22(18-24)20-33-2)27-15-5-3-13-25(27)29(31)26-14-4-6-16-28(26)30/h3-5,7-15,17-18H,6,16,19-20H2,1-2H3. The smallest absolute Gasteiger partial charge is 0.193 e. The van der Waals surface area contributed by atoms with Crippen LogP contribution >= 0.6 is 0 Å². The zero-order valence-corrected chi connectivity index (χ0v) is 19.1. The van der Waals surface area contributed by atoms with Gasteiger partial charge >= 0.3 is 0 Å². The van der Waals surface area contributed by atoms with Gasteiger partial charge in [-0.3, -0.25) is 4.79 Å². The van der Waals surface area contributed by atoms with Gasteiger partial charge in [-0.25, -0.2) is 0 Å². The van der Waals surface area contributed by atoms with E-state index >= 15 is 0 Å². The Balaban J connectivity index is 1.90. The molecule has 0 N–H and O–H groups in total. The monoisotopic (exact) mass is 436 g/mol. The summed E-state index contributed by atoms with van der Waals surface area (Å²) >= 11 is 0. The Labute approximate surface area is 195 Å². The predicted octanol–water partition coefficient (Wildman–Crippen LogP) is 6.16. The van der Waals surface area contributed by atoms with Gasteiger partial charge in [0.1, 0.15) is 0 Å². The van der Waals surface area contributed by atoms with E-state index in [2.05, 4.69) is 60.7 Å². The van der Waals surface area contributed by atoms with Crippen molar-refractivity contribution in [2.45, 2.75) is 31.5 Å². The van der Waals surface area contributed by atoms with E-state index in [1.165, 1.54) is 5.57 Å². The minimum atomic E-state index is -0.557. The number of rotatable bonds is 6. The summed E-state index contributed by atoms with van der Waals surface area (Å²) in [5.74, 6) is 0.119. The van der Waals surface area contributed by atoms with E-state index in [1.54, 1.807) is 14.2 Å². The number of carbonyl (C=O) groups excluding carboxylic acids is 1. The Bertz CT molecular complexity index is 1220. The third kappa shape index (κ3) is 3.49. The highest BCUT2D eigenvalue weighted by Gasteiger charge is 2.47. The Hall–Kier alpha value is -3.27. The lowest BCUT2D eigenvalue weighted by molar-refractivity contribution is 0.103. The maximum atomic E-state index is 13.6. The van der Waals surface area contributed by atoms with Crippen LogP contribution in [0, 0.1) is 0 Å². The molecule has 0 atom stereocenters. The third-order valence-electron chi connectivity index (χ3n) is 6.79. The van der Waals surface area contributed by atoms with Crippen molar-refractivity contribution in [3.8, 4) is 0 Å². The Kier molecular flexibility index (Phi) is 5.84. The molecule has 0 heterocycles. The van der Waals surface area contributed by atoms with E-state index in [-0.39, 0.29) is 5.78 Å². The number of benzene rings is 3. The second-order valence-corrected chi connectivity index (χ2v) is 8.72. The quantitative estimate of drug-likeness (QED) is 0.464. The molecule has 0 aliphatic heterocycles. The van der Waals surface area contributed by atoms with E-state index in [1.807, 2.05) is 24.3 Å². The molecule has 3 aromatic rings. The molecule has 0 fully saturated rings. The Morgan fingerprint density at radius 3 is 2.09 bits per heavy atom. The number of hydrogen-bond donors (Lipinski definition) is 0. The molecule has 33 heavy (non-hydrogen) atoms. The average Bonchev–Trinajstić information content (AvgIpc) is 2.86. The van der Waals surface area contributed by atoms with Crippen LogP contribution in [0.2, 0.25) is 0 Å². The maximum Gasteiger partial charge on any atom is 0.193 e. The number of carbonyl (C=O) groups is 1. The molecule has 3 nitrogen and oxygen atoms in total. The van der Waals surface area contributed by atoms with E-state index in [4.69, 9.17) is 9.47 Å². The zero-order chi connectivity index (χ0) is 22.8. The van der Waals surface area contributed by atoms with Crippen molar-refractivity contribution in [3.05, 3.63) is 129 Å². The average molecular weight is 437 g/mol. The van der Waals surface area contributed by atoms with Crippen molar-refractivity contribution in [1.29, 1.82) is 0 Å². The van der Waals surface area contributed by atoms with Crippen LogP contribution in [-0.4, -0.2) is 20.0 Å². The van der Waals surface area contributed by atoms with Crippen molar-refractivity contribution in [3.63, 3.8) is 0 Å². The molecule has 0 spiro atoms. The highest BCUT2D eigenvalue weighted by atomic mass is 16.5. The van der Waals surface area contributed by atoms with Crippen molar-refractivity contribution >= 4 is 5.78 Å². The summed E-state index contributed by atoms with van der Waals surface area (Å²) in [5, 5.41) is 0. The molecule has 2 aliphatic rings. The second kappa shape index (κ2) is 8.93. The van der Waals surface area contributed by atoms with E-state index in [9.17, 15) is 4.79 Å². The van der Waals surface area contributed by atoms with Gasteiger partial charge in [-0.2, -0.15) is 0 Å². The first-order valence-corrected chi connectivity index (χ1v) is 11.4. The first-order valence-electron chi connectivity index (χ1n) is 11.4. The molecule has 0 bridgehead atoms. The molecule has 0 saturated heterocycles. The van der Waals surface area contributed by atoms with Gasteiger partial charge in [0, 0.05) is 25.4 Å². The van der Waals surface area contributed by atoms with Crippen molar-refractivity contribution in [2.24, 2.45) is 0 Å². The van der Waals surface area contributed by atoms with Gasteiger partial charge in [-0.05, 0) is 46.2 Å². The zero-order valence-electron chi connectivity index (χ0n) is 19.1. The fraction of sp³-hybridized carbons (Fsp3) is 0.233. The summed E-state index contributed by atoms with van der Waals surface area (Å²) in [6.07, 6.45) is 5.92. The molecule has 3 heteroatoms. The molecule has 3 aromatic carbocycles. The molecule has 0 aromatic heterocycles. The summed E-state index contributed by atoms with van der Waals surface area (Å²) in [6, 6.07) is 25.4. The summed E-state index contributed by atoms with van der Waals surface area (Å²) in [4.78, 5) is 13.6. The molecule has 5 rings (SSSR count). The molecule has 0 unspecified atom stereocenters. The van der Waals surface area contributed by atoms with Gasteiger partial charge in [0.05, 0.1) is 18.6 Å². The highest BCUT2D eigenvalue weighted by molar-refractivity contribution is 6.14. The molecular formula is C30H28O3. The van der Waals surface area contributed by atoms with Crippen molar-refractivity contribution < 1.29 is 14.3 Å². The summed E-state index contributed by atoms with van der Waals surface area (Å²) < 4.78 is 10.9. The van der Waals surface area contributed by atoms with E-state index in [0.717, 1.165) is 51.8 Å². The number of fused-ring (bicyclic) bond motifs is 1. The SMILES string of the molecule is COCc1cccc(C2(c3cccc(COC)c3)C3=C(C=CCC3)C(=O)c3ccccc32)c1. The number of ketones is 1. The summed E-state index contributed by atoms with van der Waals surface area (Å²) in [7, 11) is 3.44. The lowest BCUT2D eigenvalue weighted by Crippen LogP contribution is -2.39. The van der Waals surface area contributed by atoms with Crippen LogP contribution in [0.25, 0.3) is 0 Å². The lowest BCUT2D eigenvalue weighted by atomic mass is 9.57. The minimum absolute atomic E-state index is 0.119. The van der Waals surface area contributed by atoms with Gasteiger partial charge in [0.15, 0.2) is 5.78 Å². The first-order chi connectivity index (χ1) is 16.2. The number of ether oxygens (including phenoxy) is 2. The molecule has 2 aliphatic carbocycles. The van der Waals surface area contributed by atoms with Crippen LogP contribution in [0.5, 0.6) is 0 Å². The Morgan fingerprint density at radius 2 is 1.45 bits per heavy atom. The normalized spacial score (nSPS) is 16.5. The molecule has 0 radical (unpaired) electrons. The predicted molar refractivity (Wildman–Crippen MR) is 130 cm³/mol. The molecule has 166 valence electrons. The van der Waals surface area contributed by atoms with E-state index < -0.39 is 5.41 Å². The topological polar surface area (TPSA) is 35.5 Å². The van der Waals surface area contributed by atoms with Crippen LogP contribution in [-0.2, 0) is 28.1 Å². The molecular weight excluding hydrogens is 408 g/mol. The highest BCUT2D eigenvalue weighted by Crippen LogP contribution is 2.53. The minimum Gasteiger partial charge on any atom is -0.380 e. The number of Topliss-reactive ketones (excluding diaryl/α,β-unsaturated/α-hetero) is 1. The van der Waals surface area contributed by atoms with Crippen LogP contribution in [0.15, 0.2) is 96.1 Å². The van der Waals surface area contributed by atoms with E-state index in [0.29, 0.717) is 13.2 Å². The number of allylic oxidation sites excluding steroid dienone is 4. The fourth-order valence-corrected chi connectivity index (χ4v) is 5.53. The molecule has 0 saturated carbocycles.